The number of ether oxygens (including phenoxy) is 1. The molecule has 2 aromatic rings. The Kier molecular flexibility index (Phi) is 6.69. The number of benzene rings is 2. The molecule has 27 heavy (non-hydrogen) atoms. The lowest BCUT2D eigenvalue weighted by atomic mass is 10.1. The van der Waals surface area contributed by atoms with E-state index in [1.54, 1.807) is 6.07 Å². The van der Waals surface area contributed by atoms with Crippen molar-refractivity contribution in [1.29, 1.82) is 5.26 Å². The summed E-state index contributed by atoms with van der Waals surface area (Å²) in [6.07, 6.45) is 0.348. The minimum absolute atomic E-state index is 0.0804. The monoisotopic (exact) mass is 383 g/mol. The van der Waals surface area contributed by atoms with Crippen molar-refractivity contribution in [2.24, 2.45) is 0 Å². The second-order valence-electron chi connectivity index (χ2n) is 6.38. The third-order valence-corrected chi connectivity index (χ3v) is 5.03. The molecule has 1 heterocycles. The van der Waals surface area contributed by atoms with Gasteiger partial charge in [-0.05, 0) is 18.2 Å². The molecule has 1 unspecified atom stereocenters. The number of amides is 1. The van der Waals surface area contributed by atoms with Gasteiger partial charge in [0, 0.05) is 36.8 Å². The third-order valence-electron chi connectivity index (χ3n) is 4.68. The number of carbonyl (C=O) groups excluding carboxylic acids is 1. The van der Waals surface area contributed by atoms with Crippen molar-refractivity contribution in [3.05, 3.63) is 65.2 Å². The summed E-state index contributed by atoms with van der Waals surface area (Å²) in [6, 6.07) is 18.9. The second-order valence-corrected chi connectivity index (χ2v) is 6.79. The highest BCUT2D eigenvalue weighted by Gasteiger charge is 2.27. The minimum Gasteiger partial charge on any atom is -0.493 e. The first-order valence-electron chi connectivity index (χ1n) is 9.03. The molecule has 1 aliphatic heterocycles. The molecule has 2 aromatic carbocycles. The molecule has 1 atom stereocenters. The Balaban J connectivity index is 1.48. The maximum Gasteiger partial charge on any atom is 0.226 e. The summed E-state index contributed by atoms with van der Waals surface area (Å²) in [6.45, 7) is 2.87. The van der Waals surface area contributed by atoms with Crippen molar-refractivity contribution in [2.75, 3.05) is 32.8 Å². The lowest BCUT2D eigenvalue weighted by Gasteiger charge is -2.37. The number of nitrogens with zero attached hydrogens (tertiary/aromatic N) is 3. The molecule has 140 valence electrons. The van der Waals surface area contributed by atoms with Gasteiger partial charge in [-0.15, -0.1) is 0 Å². The van der Waals surface area contributed by atoms with Gasteiger partial charge < -0.3 is 9.64 Å². The molecule has 0 radical (unpaired) electrons. The van der Waals surface area contributed by atoms with Crippen LogP contribution in [0.15, 0.2) is 54.6 Å². The zero-order chi connectivity index (χ0) is 19.1. The van der Waals surface area contributed by atoms with Crippen LogP contribution in [0.4, 0.5) is 0 Å². The van der Waals surface area contributed by atoms with E-state index in [1.165, 1.54) is 0 Å². The van der Waals surface area contributed by atoms with Crippen molar-refractivity contribution >= 4 is 17.5 Å². The number of halogens is 1. The smallest absolute Gasteiger partial charge is 0.226 e. The second kappa shape index (κ2) is 9.40. The molecular weight excluding hydrogens is 362 g/mol. The van der Waals surface area contributed by atoms with Gasteiger partial charge in [0.05, 0.1) is 19.1 Å². The zero-order valence-electron chi connectivity index (χ0n) is 15.1. The summed E-state index contributed by atoms with van der Waals surface area (Å²) in [7, 11) is 0. The number of hydrogen-bond acceptors (Lipinski definition) is 4. The fourth-order valence-corrected chi connectivity index (χ4v) is 3.44. The van der Waals surface area contributed by atoms with E-state index in [1.807, 2.05) is 53.4 Å². The van der Waals surface area contributed by atoms with Gasteiger partial charge in [-0.25, -0.2) is 0 Å². The van der Waals surface area contributed by atoms with Crippen LogP contribution in [0.3, 0.4) is 0 Å². The quantitative estimate of drug-likeness (QED) is 0.765. The lowest BCUT2D eigenvalue weighted by Crippen LogP contribution is -2.49. The van der Waals surface area contributed by atoms with E-state index >= 15 is 0 Å². The molecule has 0 aliphatic carbocycles. The van der Waals surface area contributed by atoms with Crippen LogP contribution in [0.2, 0.25) is 5.02 Å². The van der Waals surface area contributed by atoms with Gasteiger partial charge in [0.15, 0.2) is 0 Å². The van der Waals surface area contributed by atoms with Crippen LogP contribution in [0.1, 0.15) is 18.0 Å². The Morgan fingerprint density at radius 1 is 1.07 bits per heavy atom. The largest absolute Gasteiger partial charge is 0.493 e. The van der Waals surface area contributed by atoms with Gasteiger partial charge in [-0.1, -0.05) is 48.0 Å². The van der Waals surface area contributed by atoms with Crippen molar-refractivity contribution in [1.82, 2.24) is 9.80 Å². The minimum atomic E-state index is -0.391. The number of hydrogen-bond donors (Lipinski definition) is 0. The first-order valence-corrected chi connectivity index (χ1v) is 9.40. The Labute approximate surface area is 164 Å². The predicted molar refractivity (Wildman–Crippen MR) is 105 cm³/mol. The normalized spacial score (nSPS) is 15.8. The standard InChI is InChI=1S/C21H22ClN3O2/c22-19-9-5-4-8-18(19)20(16-23)24-11-13-25(14-12-24)21(26)10-15-27-17-6-2-1-3-7-17/h1-9,20H,10-15H2. The van der Waals surface area contributed by atoms with Crippen LogP contribution >= 0.6 is 11.6 Å². The van der Waals surface area contributed by atoms with Crippen LogP contribution in [0.25, 0.3) is 0 Å². The molecule has 0 spiro atoms. The maximum atomic E-state index is 12.4. The highest BCUT2D eigenvalue weighted by atomic mass is 35.5. The SMILES string of the molecule is N#CC(c1ccccc1Cl)N1CCN(C(=O)CCOc2ccccc2)CC1. The third kappa shape index (κ3) is 5.00. The molecule has 1 amide bonds. The van der Waals surface area contributed by atoms with Crippen molar-refractivity contribution in [2.45, 2.75) is 12.5 Å². The molecule has 0 saturated carbocycles. The highest BCUT2D eigenvalue weighted by Crippen LogP contribution is 2.27. The summed E-state index contributed by atoms with van der Waals surface area (Å²) in [5, 5.41) is 10.2. The van der Waals surface area contributed by atoms with E-state index in [0.717, 1.165) is 11.3 Å². The van der Waals surface area contributed by atoms with Gasteiger partial charge in [0.1, 0.15) is 11.8 Å². The van der Waals surface area contributed by atoms with E-state index in [4.69, 9.17) is 16.3 Å². The fraction of sp³-hybridized carbons (Fsp3) is 0.333. The highest BCUT2D eigenvalue weighted by molar-refractivity contribution is 6.31. The summed E-state index contributed by atoms with van der Waals surface area (Å²) < 4.78 is 5.60. The lowest BCUT2D eigenvalue weighted by molar-refractivity contribution is -0.133. The molecule has 6 heteroatoms. The summed E-state index contributed by atoms with van der Waals surface area (Å²) in [4.78, 5) is 16.3. The number of piperazine rings is 1. The van der Waals surface area contributed by atoms with E-state index in [9.17, 15) is 10.1 Å². The Morgan fingerprint density at radius 2 is 1.74 bits per heavy atom. The molecule has 3 rings (SSSR count). The van der Waals surface area contributed by atoms with Crippen LogP contribution in [-0.4, -0.2) is 48.5 Å². The van der Waals surface area contributed by atoms with Crippen molar-refractivity contribution in [3.8, 4) is 11.8 Å². The molecule has 0 bridgehead atoms. The van der Waals surface area contributed by atoms with Crippen LogP contribution in [0, 0.1) is 11.3 Å². The number of carbonyl (C=O) groups is 1. The Hall–Kier alpha value is -2.55. The molecule has 1 fully saturated rings. The van der Waals surface area contributed by atoms with Gasteiger partial charge in [-0.3, -0.25) is 9.69 Å². The van der Waals surface area contributed by atoms with Crippen molar-refractivity contribution in [3.63, 3.8) is 0 Å². The first kappa shape index (κ1) is 19.2. The van der Waals surface area contributed by atoms with E-state index in [0.29, 0.717) is 44.2 Å². The van der Waals surface area contributed by atoms with Gasteiger partial charge in [0.25, 0.3) is 0 Å². The molecular formula is C21H22ClN3O2. The predicted octanol–water partition coefficient (Wildman–Crippen LogP) is 3.52. The fourth-order valence-electron chi connectivity index (χ4n) is 3.21. The van der Waals surface area contributed by atoms with Crippen LogP contribution in [-0.2, 0) is 4.79 Å². The number of para-hydroxylation sites is 1. The average Bonchev–Trinajstić information content (AvgIpc) is 2.71. The van der Waals surface area contributed by atoms with E-state index < -0.39 is 6.04 Å². The molecule has 5 nitrogen and oxygen atoms in total. The molecule has 1 saturated heterocycles. The number of rotatable bonds is 6. The van der Waals surface area contributed by atoms with Gasteiger partial charge >= 0.3 is 0 Å². The van der Waals surface area contributed by atoms with Crippen LogP contribution in [0.5, 0.6) is 5.75 Å². The Morgan fingerprint density at radius 3 is 2.41 bits per heavy atom. The molecule has 0 aromatic heterocycles. The van der Waals surface area contributed by atoms with Crippen LogP contribution < -0.4 is 4.74 Å². The number of nitriles is 1. The topological polar surface area (TPSA) is 56.6 Å². The van der Waals surface area contributed by atoms with Crippen molar-refractivity contribution < 1.29 is 9.53 Å². The maximum absolute atomic E-state index is 12.4. The summed E-state index contributed by atoms with van der Waals surface area (Å²) in [5.74, 6) is 0.851. The average molecular weight is 384 g/mol. The molecule has 0 N–H and O–H groups in total. The Bertz CT molecular complexity index is 799. The first-order chi connectivity index (χ1) is 13.2. The zero-order valence-corrected chi connectivity index (χ0v) is 15.8. The summed E-state index contributed by atoms with van der Waals surface area (Å²) in [5.41, 5.74) is 0.817. The van der Waals surface area contributed by atoms with Gasteiger partial charge in [0.2, 0.25) is 5.91 Å². The summed E-state index contributed by atoms with van der Waals surface area (Å²) >= 11 is 6.25. The van der Waals surface area contributed by atoms with E-state index in [-0.39, 0.29) is 5.91 Å². The van der Waals surface area contributed by atoms with E-state index in [2.05, 4.69) is 11.0 Å². The van der Waals surface area contributed by atoms with Gasteiger partial charge in [-0.2, -0.15) is 5.26 Å². The molecule has 1 aliphatic rings.